The Morgan fingerprint density at radius 3 is 3.07 bits per heavy atom. The Morgan fingerprint density at radius 1 is 1.47 bits per heavy atom. The SMILES string of the molecule is CNCCC1CCCCN1CCCC#N. The van der Waals surface area contributed by atoms with Gasteiger partial charge in [-0.15, -0.1) is 0 Å². The quantitative estimate of drug-likeness (QED) is 0.677. The number of nitrogens with one attached hydrogen (secondary N) is 1. The van der Waals surface area contributed by atoms with E-state index in [1.165, 1.54) is 32.2 Å². The van der Waals surface area contributed by atoms with Gasteiger partial charge in [-0.25, -0.2) is 0 Å². The number of hydrogen-bond acceptors (Lipinski definition) is 3. The van der Waals surface area contributed by atoms with Crippen molar-refractivity contribution in [3.8, 4) is 6.07 Å². The summed E-state index contributed by atoms with van der Waals surface area (Å²) in [7, 11) is 2.02. The minimum Gasteiger partial charge on any atom is -0.320 e. The van der Waals surface area contributed by atoms with Crippen LogP contribution in [-0.4, -0.2) is 37.6 Å². The van der Waals surface area contributed by atoms with Crippen LogP contribution in [0.15, 0.2) is 0 Å². The molecule has 1 unspecified atom stereocenters. The van der Waals surface area contributed by atoms with Crippen LogP contribution in [-0.2, 0) is 0 Å². The van der Waals surface area contributed by atoms with E-state index in [0.717, 1.165) is 25.6 Å². The average Bonchev–Trinajstić information content (AvgIpc) is 2.28. The molecule has 1 heterocycles. The van der Waals surface area contributed by atoms with E-state index in [1.807, 2.05) is 7.05 Å². The molecule has 15 heavy (non-hydrogen) atoms. The van der Waals surface area contributed by atoms with Crippen LogP contribution in [0.3, 0.4) is 0 Å². The predicted octanol–water partition coefficient (Wildman–Crippen LogP) is 1.75. The Kier molecular flexibility index (Phi) is 6.38. The van der Waals surface area contributed by atoms with Gasteiger partial charge < -0.3 is 10.2 Å². The van der Waals surface area contributed by atoms with E-state index in [2.05, 4.69) is 16.3 Å². The summed E-state index contributed by atoms with van der Waals surface area (Å²) in [6, 6.07) is 2.98. The van der Waals surface area contributed by atoms with Crippen LogP contribution in [0.4, 0.5) is 0 Å². The zero-order valence-electron chi connectivity index (χ0n) is 9.84. The lowest BCUT2D eigenvalue weighted by Gasteiger charge is -2.35. The summed E-state index contributed by atoms with van der Waals surface area (Å²) in [5.74, 6) is 0. The molecule has 0 bridgehead atoms. The van der Waals surface area contributed by atoms with E-state index in [4.69, 9.17) is 5.26 Å². The Bertz CT molecular complexity index is 198. The standard InChI is InChI=1S/C12H23N3/c1-14-9-7-12-6-2-4-10-15(12)11-5-3-8-13/h12,14H,2-7,9-11H2,1H3. The topological polar surface area (TPSA) is 39.1 Å². The molecule has 1 rings (SSSR count). The van der Waals surface area contributed by atoms with Gasteiger partial charge >= 0.3 is 0 Å². The lowest BCUT2D eigenvalue weighted by molar-refractivity contribution is 0.139. The van der Waals surface area contributed by atoms with E-state index < -0.39 is 0 Å². The van der Waals surface area contributed by atoms with Gasteiger partial charge in [0, 0.05) is 12.5 Å². The maximum Gasteiger partial charge on any atom is 0.0622 e. The second kappa shape index (κ2) is 7.67. The molecule has 1 aliphatic heterocycles. The summed E-state index contributed by atoms with van der Waals surface area (Å²) in [4.78, 5) is 2.58. The van der Waals surface area contributed by atoms with Crippen molar-refractivity contribution >= 4 is 0 Å². The third kappa shape index (κ3) is 4.63. The van der Waals surface area contributed by atoms with Gasteiger partial charge in [0.1, 0.15) is 0 Å². The summed E-state index contributed by atoms with van der Waals surface area (Å²) >= 11 is 0. The molecule has 0 spiro atoms. The lowest BCUT2D eigenvalue weighted by Crippen LogP contribution is -2.41. The molecule has 0 amide bonds. The minimum atomic E-state index is 0.704. The number of rotatable bonds is 6. The molecule has 0 aliphatic carbocycles. The Labute approximate surface area is 93.5 Å². The van der Waals surface area contributed by atoms with Crippen LogP contribution in [0.1, 0.15) is 38.5 Å². The van der Waals surface area contributed by atoms with Gasteiger partial charge in [0.2, 0.25) is 0 Å². The van der Waals surface area contributed by atoms with Crippen molar-refractivity contribution < 1.29 is 0 Å². The fraction of sp³-hybridized carbons (Fsp3) is 0.917. The number of nitriles is 1. The molecular weight excluding hydrogens is 186 g/mol. The maximum atomic E-state index is 8.52. The molecule has 1 fully saturated rings. The highest BCUT2D eigenvalue weighted by Crippen LogP contribution is 2.19. The molecule has 3 nitrogen and oxygen atoms in total. The molecule has 0 aromatic carbocycles. The van der Waals surface area contributed by atoms with Crippen molar-refractivity contribution in [1.29, 1.82) is 5.26 Å². The van der Waals surface area contributed by atoms with Crippen molar-refractivity contribution in [2.45, 2.75) is 44.6 Å². The van der Waals surface area contributed by atoms with Gasteiger partial charge in [-0.2, -0.15) is 5.26 Å². The number of piperidine rings is 1. The molecule has 1 aliphatic rings. The monoisotopic (exact) mass is 209 g/mol. The van der Waals surface area contributed by atoms with Gasteiger partial charge in [-0.05, 0) is 52.4 Å². The second-order valence-electron chi connectivity index (χ2n) is 4.34. The Balaban J connectivity index is 2.26. The third-order valence-electron chi connectivity index (χ3n) is 3.21. The van der Waals surface area contributed by atoms with E-state index in [9.17, 15) is 0 Å². The summed E-state index contributed by atoms with van der Waals surface area (Å²) in [5.41, 5.74) is 0. The summed E-state index contributed by atoms with van der Waals surface area (Å²) < 4.78 is 0. The molecule has 0 radical (unpaired) electrons. The molecule has 1 atom stereocenters. The molecule has 1 saturated heterocycles. The van der Waals surface area contributed by atoms with E-state index in [-0.39, 0.29) is 0 Å². The predicted molar refractivity (Wildman–Crippen MR) is 62.6 cm³/mol. The first-order chi connectivity index (χ1) is 7.38. The van der Waals surface area contributed by atoms with E-state index in [0.29, 0.717) is 6.42 Å². The Hall–Kier alpha value is -0.590. The van der Waals surface area contributed by atoms with Gasteiger partial charge in [-0.1, -0.05) is 6.42 Å². The number of hydrogen-bond donors (Lipinski definition) is 1. The largest absolute Gasteiger partial charge is 0.320 e. The van der Waals surface area contributed by atoms with Crippen molar-refractivity contribution in [2.24, 2.45) is 0 Å². The lowest BCUT2D eigenvalue weighted by atomic mass is 9.99. The maximum absolute atomic E-state index is 8.52. The molecule has 0 saturated carbocycles. The highest BCUT2D eigenvalue weighted by atomic mass is 15.2. The van der Waals surface area contributed by atoms with Crippen molar-refractivity contribution in [3.05, 3.63) is 0 Å². The summed E-state index contributed by atoms with van der Waals surface area (Å²) in [6.45, 7) is 3.46. The van der Waals surface area contributed by atoms with E-state index in [1.54, 1.807) is 0 Å². The molecule has 86 valence electrons. The van der Waals surface area contributed by atoms with Crippen LogP contribution < -0.4 is 5.32 Å². The fourth-order valence-corrected chi connectivity index (χ4v) is 2.35. The van der Waals surface area contributed by atoms with Crippen LogP contribution in [0, 0.1) is 11.3 Å². The summed E-state index contributed by atoms with van der Waals surface area (Å²) in [5, 5.41) is 11.7. The van der Waals surface area contributed by atoms with Crippen molar-refractivity contribution in [1.82, 2.24) is 10.2 Å². The van der Waals surface area contributed by atoms with Crippen LogP contribution >= 0.6 is 0 Å². The Morgan fingerprint density at radius 2 is 2.33 bits per heavy atom. The first kappa shape index (κ1) is 12.5. The molecule has 0 aromatic heterocycles. The smallest absolute Gasteiger partial charge is 0.0622 e. The third-order valence-corrected chi connectivity index (χ3v) is 3.21. The molecular formula is C12H23N3. The van der Waals surface area contributed by atoms with Gasteiger partial charge in [0.15, 0.2) is 0 Å². The van der Waals surface area contributed by atoms with Crippen LogP contribution in [0.2, 0.25) is 0 Å². The van der Waals surface area contributed by atoms with Crippen LogP contribution in [0.25, 0.3) is 0 Å². The van der Waals surface area contributed by atoms with E-state index >= 15 is 0 Å². The first-order valence-corrected chi connectivity index (χ1v) is 6.14. The number of unbranched alkanes of at least 4 members (excludes halogenated alkanes) is 1. The highest BCUT2D eigenvalue weighted by molar-refractivity contribution is 4.79. The second-order valence-corrected chi connectivity index (χ2v) is 4.34. The van der Waals surface area contributed by atoms with Crippen molar-refractivity contribution in [3.63, 3.8) is 0 Å². The number of nitrogens with zero attached hydrogens (tertiary/aromatic N) is 2. The summed E-state index contributed by atoms with van der Waals surface area (Å²) in [6.07, 6.45) is 7.05. The fourth-order valence-electron chi connectivity index (χ4n) is 2.35. The first-order valence-electron chi connectivity index (χ1n) is 6.14. The molecule has 1 N–H and O–H groups in total. The average molecular weight is 209 g/mol. The molecule has 3 heteroatoms. The molecule has 0 aromatic rings. The zero-order valence-corrected chi connectivity index (χ0v) is 9.84. The number of likely N-dealkylation sites (tertiary alicyclic amines) is 1. The van der Waals surface area contributed by atoms with Crippen LogP contribution in [0.5, 0.6) is 0 Å². The van der Waals surface area contributed by atoms with Gasteiger partial charge in [-0.3, -0.25) is 0 Å². The van der Waals surface area contributed by atoms with Gasteiger partial charge in [0.25, 0.3) is 0 Å². The highest BCUT2D eigenvalue weighted by Gasteiger charge is 2.20. The zero-order chi connectivity index (χ0) is 10.9. The minimum absolute atomic E-state index is 0.704. The normalized spacial score (nSPS) is 22.5. The van der Waals surface area contributed by atoms with Crippen molar-refractivity contribution in [2.75, 3.05) is 26.7 Å². The van der Waals surface area contributed by atoms with Gasteiger partial charge in [0.05, 0.1) is 6.07 Å².